The maximum atomic E-state index is 12.7. The lowest BCUT2D eigenvalue weighted by Crippen LogP contribution is -2.32. The van der Waals surface area contributed by atoms with Crippen LogP contribution in [0.4, 0.5) is 11.5 Å². The number of likely N-dealkylation sites (tertiary alicyclic amines) is 1. The van der Waals surface area contributed by atoms with Gasteiger partial charge in [0.25, 0.3) is 5.91 Å². The first-order chi connectivity index (χ1) is 12.6. The molecule has 1 saturated heterocycles. The second kappa shape index (κ2) is 8.21. The van der Waals surface area contributed by atoms with Crippen LogP contribution in [0.3, 0.4) is 0 Å². The van der Waals surface area contributed by atoms with E-state index in [1.54, 1.807) is 10.9 Å². The molecular formula is C19H28N6O. The standard InChI is InChI=1S/C19H28N6O/c1-4-25-14-15(12-21-25)19(26)24-10-5-6-16(9-11-24)22-17-7-8-18(20-13-17)23(2)3/h7-8,12-14,16,22H,4-6,9-11H2,1-3H3/t16-/m1/s1. The van der Waals surface area contributed by atoms with E-state index in [0.717, 1.165) is 50.4 Å². The van der Waals surface area contributed by atoms with E-state index in [9.17, 15) is 4.79 Å². The molecule has 1 aliphatic heterocycles. The van der Waals surface area contributed by atoms with Crippen molar-refractivity contribution < 1.29 is 4.79 Å². The molecule has 1 amide bonds. The zero-order chi connectivity index (χ0) is 18.5. The zero-order valence-corrected chi connectivity index (χ0v) is 15.9. The predicted molar refractivity (Wildman–Crippen MR) is 104 cm³/mol. The summed E-state index contributed by atoms with van der Waals surface area (Å²) in [6.07, 6.45) is 8.36. The molecule has 2 aromatic heterocycles. The highest BCUT2D eigenvalue weighted by atomic mass is 16.2. The van der Waals surface area contributed by atoms with E-state index in [1.165, 1.54) is 0 Å². The number of amides is 1. The summed E-state index contributed by atoms with van der Waals surface area (Å²) in [5.41, 5.74) is 1.71. The third kappa shape index (κ3) is 4.33. The molecule has 7 nitrogen and oxygen atoms in total. The van der Waals surface area contributed by atoms with Crippen molar-refractivity contribution in [1.29, 1.82) is 0 Å². The van der Waals surface area contributed by atoms with Gasteiger partial charge in [0.1, 0.15) is 5.82 Å². The van der Waals surface area contributed by atoms with Gasteiger partial charge in [-0.2, -0.15) is 5.10 Å². The minimum Gasteiger partial charge on any atom is -0.381 e. The van der Waals surface area contributed by atoms with E-state index in [2.05, 4.69) is 21.5 Å². The molecule has 0 aliphatic carbocycles. The molecule has 0 unspecified atom stereocenters. The van der Waals surface area contributed by atoms with Gasteiger partial charge >= 0.3 is 0 Å². The Morgan fingerprint density at radius 1 is 1.27 bits per heavy atom. The van der Waals surface area contributed by atoms with Gasteiger partial charge in [0, 0.05) is 46.0 Å². The molecule has 0 saturated carbocycles. The van der Waals surface area contributed by atoms with Gasteiger partial charge in [-0.15, -0.1) is 0 Å². The Balaban J connectivity index is 1.56. The van der Waals surface area contributed by atoms with E-state index in [0.29, 0.717) is 11.6 Å². The highest BCUT2D eigenvalue weighted by Crippen LogP contribution is 2.19. The number of aryl methyl sites for hydroxylation is 1. The molecule has 3 rings (SSSR count). The van der Waals surface area contributed by atoms with Gasteiger partial charge in [-0.1, -0.05) is 0 Å². The number of pyridine rings is 1. The van der Waals surface area contributed by atoms with Gasteiger partial charge in [-0.05, 0) is 38.3 Å². The van der Waals surface area contributed by atoms with Gasteiger partial charge in [-0.3, -0.25) is 9.48 Å². The van der Waals surface area contributed by atoms with Gasteiger partial charge < -0.3 is 15.1 Å². The Hall–Kier alpha value is -2.57. The third-order valence-corrected chi connectivity index (χ3v) is 4.80. The smallest absolute Gasteiger partial charge is 0.257 e. The molecular weight excluding hydrogens is 328 g/mol. The van der Waals surface area contributed by atoms with Crippen LogP contribution in [-0.4, -0.2) is 58.8 Å². The molecule has 0 aromatic carbocycles. The number of aromatic nitrogens is 3. The van der Waals surface area contributed by atoms with Gasteiger partial charge in [-0.25, -0.2) is 4.98 Å². The van der Waals surface area contributed by atoms with Crippen LogP contribution < -0.4 is 10.2 Å². The van der Waals surface area contributed by atoms with Crippen molar-refractivity contribution in [3.05, 3.63) is 36.3 Å². The summed E-state index contributed by atoms with van der Waals surface area (Å²) >= 11 is 0. The van der Waals surface area contributed by atoms with E-state index in [4.69, 9.17) is 0 Å². The van der Waals surface area contributed by atoms with Gasteiger partial charge in [0.2, 0.25) is 0 Å². The molecule has 1 aliphatic rings. The highest BCUT2D eigenvalue weighted by molar-refractivity contribution is 5.93. The Bertz CT molecular complexity index is 724. The van der Waals surface area contributed by atoms with E-state index in [1.807, 2.05) is 49.3 Å². The predicted octanol–water partition coefficient (Wildman–Crippen LogP) is 2.47. The summed E-state index contributed by atoms with van der Waals surface area (Å²) in [5.74, 6) is 1.03. The molecule has 26 heavy (non-hydrogen) atoms. The topological polar surface area (TPSA) is 66.3 Å². The first-order valence-corrected chi connectivity index (χ1v) is 9.28. The summed E-state index contributed by atoms with van der Waals surface area (Å²) < 4.78 is 1.79. The quantitative estimate of drug-likeness (QED) is 0.891. The zero-order valence-electron chi connectivity index (χ0n) is 15.9. The molecule has 1 N–H and O–H groups in total. The second-order valence-electron chi connectivity index (χ2n) is 6.95. The van der Waals surface area contributed by atoms with Crippen molar-refractivity contribution in [2.75, 3.05) is 37.4 Å². The van der Waals surface area contributed by atoms with Crippen LogP contribution in [-0.2, 0) is 6.54 Å². The summed E-state index contributed by atoms with van der Waals surface area (Å²) in [6, 6.07) is 4.44. The lowest BCUT2D eigenvalue weighted by molar-refractivity contribution is 0.0761. The molecule has 0 bridgehead atoms. The van der Waals surface area contributed by atoms with Crippen LogP contribution in [0, 0.1) is 0 Å². The van der Waals surface area contributed by atoms with E-state index >= 15 is 0 Å². The average molecular weight is 356 g/mol. The monoisotopic (exact) mass is 356 g/mol. The minimum atomic E-state index is 0.0855. The summed E-state index contributed by atoms with van der Waals surface area (Å²) in [7, 11) is 3.97. The fraction of sp³-hybridized carbons (Fsp3) is 0.526. The van der Waals surface area contributed by atoms with Crippen molar-refractivity contribution in [3.63, 3.8) is 0 Å². The molecule has 1 atom stereocenters. The highest BCUT2D eigenvalue weighted by Gasteiger charge is 2.22. The number of anilines is 2. The van der Waals surface area contributed by atoms with Gasteiger partial charge in [0.05, 0.1) is 23.6 Å². The molecule has 0 radical (unpaired) electrons. The Morgan fingerprint density at radius 2 is 2.12 bits per heavy atom. The molecule has 0 spiro atoms. The number of nitrogens with one attached hydrogen (secondary N) is 1. The third-order valence-electron chi connectivity index (χ3n) is 4.80. The fourth-order valence-corrected chi connectivity index (χ4v) is 3.24. The Kier molecular flexibility index (Phi) is 5.75. The number of hydrogen-bond donors (Lipinski definition) is 1. The summed E-state index contributed by atoms with van der Waals surface area (Å²) in [4.78, 5) is 21.1. The molecule has 7 heteroatoms. The van der Waals surface area contributed by atoms with Crippen molar-refractivity contribution in [2.24, 2.45) is 0 Å². The maximum Gasteiger partial charge on any atom is 0.257 e. The normalized spacial score (nSPS) is 17.7. The van der Waals surface area contributed by atoms with Crippen LogP contribution in [0.5, 0.6) is 0 Å². The summed E-state index contributed by atoms with van der Waals surface area (Å²) in [5, 5.41) is 7.77. The first-order valence-electron chi connectivity index (χ1n) is 9.28. The Morgan fingerprint density at radius 3 is 2.77 bits per heavy atom. The Labute approximate surface area is 155 Å². The fourth-order valence-electron chi connectivity index (χ4n) is 3.24. The van der Waals surface area contributed by atoms with Crippen LogP contribution in [0.2, 0.25) is 0 Å². The first kappa shape index (κ1) is 18.2. The van der Waals surface area contributed by atoms with Gasteiger partial charge in [0.15, 0.2) is 0 Å². The SMILES string of the molecule is CCn1cc(C(=O)N2CCC[C@@H](Nc3ccc(N(C)C)nc3)CC2)cn1. The van der Waals surface area contributed by atoms with Crippen LogP contribution in [0.15, 0.2) is 30.7 Å². The molecule has 140 valence electrons. The van der Waals surface area contributed by atoms with E-state index in [-0.39, 0.29) is 5.91 Å². The number of nitrogens with zero attached hydrogens (tertiary/aromatic N) is 5. The van der Waals surface area contributed by atoms with Crippen molar-refractivity contribution >= 4 is 17.4 Å². The summed E-state index contributed by atoms with van der Waals surface area (Å²) in [6.45, 7) is 4.35. The molecule has 3 heterocycles. The van der Waals surface area contributed by atoms with Crippen molar-refractivity contribution in [1.82, 2.24) is 19.7 Å². The van der Waals surface area contributed by atoms with Crippen LogP contribution >= 0.6 is 0 Å². The lowest BCUT2D eigenvalue weighted by atomic mass is 10.1. The lowest BCUT2D eigenvalue weighted by Gasteiger charge is -2.21. The minimum absolute atomic E-state index is 0.0855. The van der Waals surface area contributed by atoms with Crippen molar-refractivity contribution in [2.45, 2.75) is 38.8 Å². The maximum absolute atomic E-state index is 12.7. The largest absolute Gasteiger partial charge is 0.381 e. The van der Waals surface area contributed by atoms with Crippen LogP contribution in [0.1, 0.15) is 36.5 Å². The number of carbonyl (C=O) groups is 1. The number of carbonyl (C=O) groups excluding carboxylic acids is 1. The van der Waals surface area contributed by atoms with Crippen molar-refractivity contribution in [3.8, 4) is 0 Å². The van der Waals surface area contributed by atoms with E-state index < -0.39 is 0 Å². The molecule has 2 aromatic rings. The number of rotatable bonds is 5. The van der Waals surface area contributed by atoms with Crippen LogP contribution in [0.25, 0.3) is 0 Å². The second-order valence-corrected chi connectivity index (χ2v) is 6.95. The molecule has 1 fully saturated rings. The average Bonchev–Trinajstić information content (AvgIpc) is 3.01. The number of hydrogen-bond acceptors (Lipinski definition) is 5.